The van der Waals surface area contributed by atoms with Crippen molar-refractivity contribution in [2.45, 2.75) is 12.3 Å². The highest BCUT2D eigenvalue weighted by atomic mass is 32.1. The number of rotatable bonds is 6. The molecular formula is C19H20N2O4S. The Morgan fingerprint density at radius 3 is 2.54 bits per heavy atom. The topological polar surface area (TPSA) is 86.7 Å². The van der Waals surface area contributed by atoms with E-state index in [9.17, 15) is 19.5 Å². The molecule has 1 saturated heterocycles. The molecule has 7 heteroatoms. The zero-order valence-corrected chi connectivity index (χ0v) is 14.9. The Balaban J connectivity index is 1.56. The van der Waals surface area contributed by atoms with Gasteiger partial charge in [-0.25, -0.2) is 0 Å². The second kappa shape index (κ2) is 8.14. The Hall–Kier alpha value is -2.67. The Morgan fingerprint density at radius 2 is 1.88 bits per heavy atom. The molecule has 0 spiro atoms. The molecule has 2 N–H and O–H groups in total. The lowest BCUT2D eigenvalue weighted by atomic mass is 9.89. The molecule has 1 fully saturated rings. The van der Waals surface area contributed by atoms with Gasteiger partial charge in [0.25, 0.3) is 5.91 Å². The number of likely N-dealkylation sites (tertiary alicyclic amines) is 1. The molecule has 136 valence electrons. The van der Waals surface area contributed by atoms with Gasteiger partial charge in [-0.2, -0.15) is 0 Å². The fourth-order valence-electron chi connectivity index (χ4n) is 3.23. The molecule has 0 aliphatic carbocycles. The van der Waals surface area contributed by atoms with E-state index in [1.54, 1.807) is 17.0 Å². The van der Waals surface area contributed by atoms with Crippen LogP contribution in [0.15, 0.2) is 47.8 Å². The van der Waals surface area contributed by atoms with Crippen molar-refractivity contribution in [1.29, 1.82) is 0 Å². The Labute approximate surface area is 155 Å². The van der Waals surface area contributed by atoms with Crippen molar-refractivity contribution in [2.75, 3.05) is 19.6 Å². The number of aliphatic carboxylic acids is 1. The number of carboxylic acids is 1. The molecule has 1 aliphatic heterocycles. The van der Waals surface area contributed by atoms with E-state index in [0.717, 1.165) is 5.56 Å². The van der Waals surface area contributed by atoms with Crippen molar-refractivity contribution < 1.29 is 19.5 Å². The lowest BCUT2D eigenvalue weighted by Crippen LogP contribution is -2.33. The van der Waals surface area contributed by atoms with E-state index >= 15 is 0 Å². The zero-order valence-electron chi connectivity index (χ0n) is 14.1. The molecule has 0 bridgehead atoms. The minimum atomic E-state index is -0.889. The van der Waals surface area contributed by atoms with Crippen LogP contribution in [0.4, 0.5) is 0 Å². The maximum Gasteiger partial charge on any atom is 0.308 e. The molecule has 3 rings (SSSR count). The van der Waals surface area contributed by atoms with E-state index in [4.69, 9.17) is 0 Å². The first kappa shape index (κ1) is 18.1. The van der Waals surface area contributed by atoms with Crippen LogP contribution in [-0.2, 0) is 9.59 Å². The fraction of sp³-hybridized carbons (Fsp3) is 0.316. The SMILES string of the molecule is O=C(NCCC(=O)N1CC(C(=O)O)C(c2ccccc2)C1)c1cccs1. The number of carbonyl (C=O) groups is 3. The zero-order chi connectivity index (χ0) is 18.5. The number of carboxylic acid groups (broad SMARTS) is 1. The van der Waals surface area contributed by atoms with Gasteiger partial charge in [-0.15, -0.1) is 11.3 Å². The molecule has 2 atom stereocenters. The number of hydrogen-bond acceptors (Lipinski definition) is 4. The average molecular weight is 372 g/mol. The fourth-order valence-corrected chi connectivity index (χ4v) is 3.87. The average Bonchev–Trinajstić information content (AvgIpc) is 3.32. The molecule has 0 saturated carbocycles. The molecule has 6 nitrogen and oxygen atoms in total. The summed E-state index contributed by atoms with van der Waals surface area (Å²) in [6, 6.07) is 13.0. The molecular weight excluding hydrogens is 352 g/mol. The van der Waals surface area contributed by atoms with Crippen LogP contribution < -0.4 is 5.32 Å². The number of thiophene rings is 1. The number of benzene rings is 1. The van der Waals surface area contributed by atoms with Crippen LogP contribution in [0.2, 0.25) is 0 Å². The summed E-state index contributed by atoms with van der Waals surface area (Å²) >= 11 is 1.34. The third-order valence-corrected chi connectivity index (χ3v) is 5.46. The molecule has 1 aromatic heterocycles. The van der Waals surface area contributed by atoms with Gasteiger partial charge in [-0.1, -0.05) is 36.4 Å². The van der Waals surface area contributed by atoms with E-state index in [0.29, 0.717) is 11.4 Å². The molecule has 26 heavy (non-hydrogen) atoms. The van der Waals surface area contributed by atoms with Crippen molar-refractivity contribution in [3.63, 3.8) is 0 Å². The molecule has 2 amide bonds. The van der Waals surface area contributed by atoms with Gasteiger partial charge in [0.05, 0.1) is 10.8 Å². The molecule has 2 unspecified atom stereocenters. The maximum absolute atomic E-state index is 12.4. The molecule has 2 heterocycles. The third kappa shape index (κ3) is 4.11. The van der Waals surface area contributed by atoms with Crippen molar-refractivity contribution in [1.82, 2.24) is 10.2 Å². The van der Waals surface area contributed by atoms with Crippen molar-refractivity contribution in [2.24, 2.45) is 5.92 Å². The molecule has 2 aromatic rings. The third-order valence-electron chi connectivity index (χ3n) is 4.59. The maximum atomic E-state index is 12.4. The highest BCUT2D eigenvalue weighted by molar-refractivity contribution is 7.12. The predicted octanol–water partition coefficient (Wildman–Crippen LogP) is 2.19. The minimum absolute atomic E-state index is 0.138. The standard InChI is InChI=1S/C19H20N2O4S/c22-17(8-9-20-18(23)16-7-4-10-26-16)21-11-14(15(12-21)19(24)25)13-5-2-1-3-6-13/h1-7,10,14-15H,8-9,11-12H2,(H,20,23)(H,24,25). The quantitative estimate of drug-likeness (QED) is 0.814. The van der Waals surface area contributed by atoms with Crippen LogP contribution in [0.5, 0.6) is 0 Å². The van der Waals surface area contributed by atoms with Gasteiger partial charge < -0.3 is 15.3 Å². The summed E-state index contributed by atoms with van der Waals surface area (Å²) in [5.74, 6) is -2.04. The second-order valence-corrected chi connectivity index (χ2v) is 7.19. The number of amides is 2. The monoisotopic (exact) mass is 372 g/mol. The molecule has 0 radical (unpaired) electrons. The van der Waals surface area contributed by atoms with Crippen LogP contribution in [0.1, 0.15) is 27.6 Å². The van der Waals surface area contributed by atoms with Gasteiger partial charge in [-0.3, -0.25) is 14.4 Å². The normalized spacial score (nSPS) is 19.3. The minimum Gasteiger partial charge on any atom is -0.481 e. The largest absolute Gasteiger partial charge is 0.481 e. The van der Waals surface area contributed by atoms with Gasteiger partial charge in [0.2, 0.25) is 5.91 Å². The smallest absolute Gasteiger partial charge is 0.308 e. The van der Waals surface area contributed by atoms with E-state index in [1.807, 2.05) is 35.7 Å². The number of nitrogens with zero attached hydrogens (tertiary/aromatic N) is 1. The van der Waals surface area contributed by atoms with Gasteiger partial charge in [-0.05, 0) is 17.0 Å². The van der Waals surface area contributed by atoms with Crippen LogP contribution in [0.3, 0.4) is 0 Å². The molecule has 1 aromatic carbocycles. The van der Waals surface area contributed by atoms with E-state index < -0.39 is 11.9 Å². The lowest BCUT2D eigenvalue weighted by Gasteiger charge is -2.16. The van der Waals surface area contributed by atoms with Gasteiger partial charge >= 0.3 is 5.97 Å². The Morgan fingerprint density at radius 1 is 1.12 bits per heavy atom. The number of hydrogen-bond donors (Lipinski definition) is 2. The Kier molecular flexibility index (Phi) is 5.68. The highest BCUT2D eigenvalue weighted by Crippen LogP contribution is 2.33. The first-order chi connectivity index (χ1) is 12.6. The first-order valence-corrected chi connectivity index (χ1v) is 9.31. The summed E-state index contributed by atoms with van der Waals surface area (Å²) in [6.45, 7) is 0.824. The van der Waals surface area contributed by atoms with E-state index in [-0.39, 0.29) is 37.2 Å². The summed E-state index contributed by atoms with van der Waals surface area (Å²) in [4.78, 5) is 38.1. The van der Waals surface area contributed by atoms with E-state index in [2.05, 4.69) is 5.32 Å². The summed E-state index contributed by atoms with van der Waals surface area (Å²) in [5, 5.41) is 14.0. The van der Waals surface area contributed by atoms with Crippen molar-refractivity contribution >= 4 is 29.1 Å². The van der Waals surface area contributed by atoms with Gasteiger partial charge in [0.1, 0.15) is 0 Å². The molecule has 1 aliphatic rings. The van der Waals surface area contributed by atoms with Crippen molar-refractivity contribution in [3.05, 3.63) is 58.3 Å². The summed E-state index contributed by atoms with van der Waals surface area (Å²) < 4.78 is 0. The van der Waals surface area contributed by atoms with E-state index in [1.165, 1.54) is 11.3 Å². The Bertz CT molecular complexity index is 776. The number of carbonyl (C=O) groups excluding carboxylic acids is 2. The summed E-state index contributed by atoms with van der Waals surface area (Å²) in [7, 11) is 0. The second-order valence-electron chi connectivity index (χ2n) is 6.24. The van der Waals surface area contributed by atoms with Gasteiger partial charge in [0.15, 0.2) is 0 Å². The van der Waals surface area contributed by atoms with Crippen LogP contribution in [-0.4, -0.2) is 47.4 Å². The number of nitrogens with one attached hydrogen (secondary N) is 1. The van der Waals surface area contributed by atoms with Crippen LogP contribution in [0.25, 0.3) is 0 Å². The van der Waals surface area contributed by atoms with Crippen LogP contribution in [0, 0.1) is 5.92 Å². The van der Waals surface area contributed by atoms with Crippen LogP contribution >= 0.6 is 11.3 Å². The van der Waals surface area contributed by atoms with Crippen molar-refractivity contribution in [3.8, 4) is 0 Å². The lowest BCUT2D eigenvalue weighted by molar-refractivity contribution is -0.141. The summed E-state index contributed by atoms with van der Waals surface area (Å²) in [6.07, 6.45) is 0.158. The summed E-state index contributed by atoms with van der Waals surface area (Å²) in [5.41, 5.74) is 0.932. The first-order valence-electron chi connectivity index (χ1n) is 8.43. The van der Waals surface area contributed by atoms with Gasteiger partial charge in [0, 0.05) is 32.0 Å². The predicted molar refractivity (Wildman–Crippen MR) is 98.2 cm³/mol. The highest BCUT2D eigenvalue weighted by Gasteiger charge is 2.40.